The maximum absolute atomic E-state index is 12.0. The molecule has 0 aliphatic heterocycles. The van der Waals surface area contributed by atoms with Crippen molar-refractivity contribution < 1.29 is 14.7 Å². The molecule has 6 heteroatoms. The van der Waals surface area contributed by atoms with Crippen LogP contribution < -0.4 is 5.32 Å². The number of aromatic carboxylic acids is 1. The molecule has 1 heterocycles. The fourth-order valence-electron chi connectivity index (χ4n) is 2.38. The largest absolute Gasteiger partial charge is 0.478 e. The van der Waals surface area contributed by atoms with Crippen molar-refractivity contribution in [3.05, 3.63) is 44.9 Å². The molecule has 0 saturated heterocycles. The Morgan fingerprint density at radius 2 is 1.96 bits per heavy atom. The van der Waals surface area contributed by atoms with Crippen molar-refractivity contribution in [3.63, 3.8) is 0 Å². The Hall–Kier alpha value is -2.21. The van der Waals surface area contributed by atoms with Gasteiger partial charge in [0.2, 0.25) is 5.91 Å². The normalized spacial score (nSPS) is 10.6. The molecule has 23 heavy (non-hydrogen) atoms. The van der Waals surface area contributed by atoms with Crippen molar-refractivity contribution in [2.45, 2.75) is 40.0 Å². The van der Waals surface area contributed by atoms with E-state index in [0.29, 0.717) is 24.1 Å². The first-order valence-electron chi connectivity index (χ1n) is 7.42. The van der Waals surface area contributed by atoms with Gasteiger partial charge in [-0.05, 0) is 50.8 Å². The molecule has 2 rings (SSSR count). The predicted molar refractivity (Wildman–Crippen MR) is 91.3 cm³/mol. The van der Waals surface area contributed by atoms with Crippen LogP contribution in [0.1, 0.15) is 45.0 Å². The topological polar surface area (TPSA) is 79.3 Å². The third kappa shape index (κ3) is 4.63. The van der Waals surface area contributed by atoms with Crippen LogP contribution in [0.25, 0.3) is 0 Å². The monoisotopic (exact) mass is 332 g/mol. The molecule has 0 atom stereocenters. The van der Waals surface area contributed by atoms with Gasteiger partial charge in [-0.2, -0.15) is 0 Å². The average molecular weight is 332 g/mol. The summed E-state index contributed by atoms with van der Waals surface area (Å²) in [5, 5.41) is 15.0. The zero-order chi connectivity index (χ0) is 17.0. The van der Waals surface area contributed by atoms with E-state index in [2.05, 4.69) is 10.3 Å². The van der Waals surface area contributed by atoms with Crippen LogP contribution in [0.5, 0.6) is 0 Å². The molecular weight excluding hydrogens is 312 g/mol. The first kappa shape index (κ1) is 17.1. The Labute approximate surface area is 139 Å². The molecule has 0 aliphatic rings. The van der Waals surface area contributed by atoms with E-state index >= 15 is 0 Å². The minimum Gasteiger partial charge on any atom is -0.478 e. The number of benzene rings is 1. The second-order valence-electron chi connectivity index (χ2n) is 5.55. The lowest BCUT2D eigenvalue weighted by molar-refractivity contribution is -0.116. The van der Waals surface area contributed by atoms with E-state index in [1.807, 2.05) is 19.2 Å². The molecule has 122 valence electrons. The van der Waals surface area contributed by atoms with Gasteiger partial charge in [0.1, 0.15) is 0 Å². The number of hydrogen-bond donors (Lipinski definition) is 2. The molecule has 0 aliphatic carbocycles. The van der Waals surface area contributed by atoms with Gasteiger partial charge in [0, 0.05) is 17.5 Å². The van der Waals surface area contributed by atoms with E-state index in [0.717, 1.165) is 22.7 Å². The molecule has 0 saturated carbocycles. The quantitative estimate of drug-likeness (QED) is 0.845. The van der Waals surface area contributed by atoms with Crippen LogP contribution in [0.3, 0.4) is 0 Å². The standard InChI is InChI=1S/C17H20N2O3S/c1-10-7-11(2)15(8-14(10)17(21)22)19-16(20)6-4-5-13-9-23-12(3)18-13/h7-9H,4-6H2,1-3H3,(H,19,20)(H,21,22). The number of anilines is 1. The van der Waals surface area contributed by atoms with Gasteiger partial charge < -0.3 is 10.4 Å². The highest BCUT2D eigenvalue weighted by Gasteiger charge is 2.12. The van der Waals surface area contributed by atoms with Crippen LogP contribution in [0, 0.1) is 20.8 Å². The summed E-state index contributed by atoms with van der Waals surface area (Å²) in [6.07, 6.45) is 1.86. The summed E-state index contributed by atoms with van der Waals surface area (Å²) in [4.78, 5) is 27.6. The van der Waals surface area contributed by atoms with Gasteiger partial charge in [-0.15, -0.1) is 11.3 Å². The molecule has 0 radical (unpaired) electrons. The number of rotatable bonds is 6. The maximum atomic E-state index is 12.0. The summed E-state index contributed by atoms with van der Waals surface area (Å²) in [5.74, 6) is -1.10. The Balaban J connectivity index is 1.94. The Morgan fingerprint density at radius 3 is 2.57 bits per heavy atom. The van der Waals surface area contributed by atoms with Crippen molar-refractivity contribution in [2.24, 2.45) is 0 Å². The Morgan fingerprint density at radius 1 is 1.22 bits per heavy atom. The van der Waals surface area contributed by atoms with Crippen LogP contribution in [0.2, 0.25) is 0 Å². The van der Waals surface area contributed by atoms with Gasteiger partial charge >= 0.3 is 5.97 Å². The number of aromatic nitrogens is 1. The highest BCUT2D eigenvalue weighted by Crippen LogP contribution is 2.21. The fraction of sp³-hybridized carbons (Fsp3) is 0.353. The van der Waals surface area contributed by atoms with Crippen molar-refractivity contribution in [3.8, 4) is 0 Å². The lowest BCUT2D eigenvalue weighted by Gasteiger charge is -2.11. The van der Waals surface area contributed by atoms with Crippen LogP contribution >= 0.6 is 11.3 Å². The van der Waals surface area contributed by atoms with E-state index in [9.17, 15) is 9.59 Å². The van der Waals surface area contributed by atoms with Gasteiger partial charge in [-0.25, -0.2) is 9.78 Å². The number of carboxylic acid groups (broad SMARTS) is 1. The molecule has 0 spiro atoms. The van der Waals surface area contributed by atoms with Gasteiger partial charge in [0.25, 0.3) is 0 Å². The molecule has 1 amide bonds. The van der Waals surface area contributed by atoms with Crippen molar-refractivity contribution in [1.82, 2.24) is 4.98 Å². The molecule has 0 fully saturated rings. The number of amides is 1. The number of carbonyl (C=O) groups excluding carboxylic acids is 1. The second-order valence-corrected chi connectivity index (χ2v) is 6.61. The zero-order valence-electron chi connectivity index (χ0n) is 13.5. The van der Waals surface area contributed by atoms with Crippen LogP contribution in [0.4, 0.5) is 5.69 Å². The van der Waals surface area contributed by atoms with Gasteiger partial charge in [0.05, 0.1) is 16.3 Å². The van der Waals surface area contributed by atoms with Crippen LogP contribution in [0.15, 0.2) is 17.5 Å². The fourth-order valence-corrected chi connectivity index (χ4v) is 3.03. The molecule has 0 bridgehead atoms. The first-order chi connectivity index (χ1) is 10.9. The smallest absolute Gasteiger partial charge is 0.336 e. The number of thiazole rings is 1. The SMILES string of the molecule is Cc1nc(CCCC(=O)Nc2cc(C(=O)O)c(C)cc2C)cs1. The molecule has 5 nitrogen and oxygen atoms in total. The Bertz CT molecular complexity index is 737. The summed E-state index contributed by atoms with van der Waals surface area (Å²) < 4.78 is 0. The van der Waals surface area contributed by atoms with Gasteiger partial charge in [0.15, 0.2) is 0 Å². The third-order valence-corrected chi connectivity index (χ3v) is 4.40. The summed E-state index contributed by atoms with van der Waals surface area (Å²) in [6, 6.07) is 3.30. The van der Waals surface area contributed by atoms with E-state index in [4.69, 9.17) is 5.11 Å². The first-order valence-corrected chi connectivity index (χ1v) is 8.30. The lowest BCUT2D eigenvalue weighted by Crippen LogP contribution is -2.13. The van der Waals surface area contributed by atoms with Crippen molar-refractivity contribution >= 4 is 28.9 Å². The summed E-state index contributed by atoms with van der Waals surface area (Å²) in [7, 11) is 0. The summed E-state index contributed by atoms with van der Waals surface area (Å²) >= 11 is 1.61. The number of hydrogen-bond acceptors (Lipinski definition) is 4. The zero-order valence-corrected chi connectivity index (χ0v) is 14.3. The molecule has 2 aromatic rings. The average Bonchev–Trinajstić information content (AvgIpc) is 2.87. The lowest BCUT2D eigenvalue weighted by atomic mass is 10.0. The summed E-state index contributed by atoms with van der Waals surface area (Å²) in [5.41, 5.74) is 3.33. The Kier molecular flexibility index (Phi) is 5.50. The molecule has 2 N–H and O–H groups in total. The molecule has 1 aromatic carbocycles. The number of carbonyl (C=O) groups is 2. The van der Waals surface area contributed by atoms with Gasteiger partial charge in [-0.1, -0.05) is 6.07 Å². The number of aryl methyl sites for hydroxylation is 4. The van der Waals surface area contributed by atoms with E-state index in [1.54, 1.807) is 24.3 Å². The minimum atomic E-state index is -0.989. The third-order valence-electron chi connectivity index (χ3n) is 3.58. The second kappa shape index (κ2) is 7.37. The number of nitrogens with zero attached hydrogens (tertiary/aromatic N) is 1. The van der Waals surface area contributed by atoms with Crippen molar-refractivity contribution in [1.29, 1.82) is 0 Å². The highest BCUT2D eigenvalue weighted by molar-refractivity contribution is 7.09. The predicted octanol–water partition coefficient (Wildman–Crippen LogP) is 3.73. The molecular formula is C17H20N2O3S. The van der Waals surface area contributed by atoms with Crippen LogP contribution in [-0.2, 0) is 11.2 Å². The van der Waals surface area contributed by atoms with Gasteiger partial charge in [-0.3, -0.25) is 4.79 Å². The van der Waals surface area contributed by atoms with Crippen LogP contribution in [-0.4, -0.2) is 22.0 Å². The maximum Gasteiger partial charge on any atom is 0.336 e. The number of nitrogens with one attached hydrogen (secondary N) is 1. The molecule has 0 unspecified atom stereocenters. The summed E-state index contributed by atoms with van der Waals surface area (Å²) in [6.45, 7) is 5.56. The van der Waals surface area contributed by atoms with E-state index in [1.165, 1.54) is 6.07 Å². The molecule has 1 aromatic heterocycles. The van der Waals surface area contributed by atoms with Crippen molar-refractivity contribution in [2.75, 3.05) is 5.32 Å². The van der Waals surface area contributed by atoms with E-state index < -0.39 is 5.97 Å². The minimum absolute atomic E-state index is 0.111. The number of carboxylic acids is 1. The highest BCUT2D eigenvalue weighted by atomic mass is 32.1. The van der Waals surface area contributed by atoms with E-state index in [-0.39, 0.29) is 11.5 Å².